The minimum absolute atomic E-state index is 0.0359. The Labute approximate surface area is 198 Å². The van der Waals surface area contributed by atoms with Crippen molar-refractivity contribution in [3.05, 3.63) is 64.0 Å². The summed E-state index contributed by atoms with van der Waals surface area (Å²) in [6.07, 6.45) is 3.27. The van der Waals surface area contributed by atoms with Gasteiger partial charge in [-0.05, 0) is 46.7 Å². The molecule has 0 aliphatic carbocycles. The molecule has 4 rings (SSSR count). The van der Waals surface area contributed by atoms with Crippen molar-refractivity contribution in [2.75, 3.05) is 38.5 Å². The number of nitrogens with zero attached hydrogens (tertiary/aromatic N) is 4. The third-order valence-electron chi connectivity index (χ3n) is 5.31. The second-order valence-electron chi connectivity index (χ2n) is 7.65. The van der Waals surface area contributed by atoms with Gasteiger partial charge in [-0.3, -0.25) is 19.5 Å². The molecule has 3 heterocycles. The van der Waals surface area contributed by atoms with Crippen molar-refractivity contribution in [1.82, 2.24) is 19.8 Å². The zero-order valence-corrected chi connectivity index (χ0v) is 19.9. The number of pyridine rings is 1. The fraction of sp³-hybridized carbons (Fsp3) is 0.273. The maximum absolute atomic E-state index is 12.8. The standard InChI is InChI=1S/C22H23BrN6O2S/c1-28-8-10-29(11-9-28)13-14-2-4-15(5-3-14)20(31)27-22-18(19(24)30)26-21(32-22)16-6-7-25-12-17(16)23/h2-7,12H,8-11,13H2,1H3,(H2,24,30)(H,27,31). The van der Waals surface area contributed by atoms with Gasteiger partial charge < -0.3 is 16.0 Å². The summed E-state index contributed by atoms with van der Waals surface area (Å²) in [5.41, 5.74) is 7.96. The van der Waals surface area contributed by atoms with Crippen molar-refractivity contribution in [2.45, 2.75) is 6.54 Å². The number of rotatable bonds is 6. The predicted molar refractivity (Wildman–Crippen MR) is 129 cm³/mol. The average molecular weight is 515 g/mol. The number of amides is 2. The van der Waals surface area contributed by atoms with Crippen LogP contribution in [-0.2, 0) is 6.54 Å². The molecule has 1 aliphatic heterocycles. The quantitative estimate of drug-likeness (QED) is 0.523. The van der Waals surface area contributed by atoms with Crippen LogP contribution in [0.4, 0.5) is 5.00 Å². The number of thiazole rings is 1. The van der Waals surface area contributed by atoms with Crippen molar-refractivity contribution in [2.24, 2.45) is 5.73 Å². The molecular weight excluding hydrogens is 492 g/mol. The first-order chi connectivity index (χ1) is 15.4. The van der Waals surface area contributed by atoms with E-state index in [0.29, 0.717) is 15.6 Å². The normalized spacial score (nSPS) is 14.9. The molecule has 3 N–H and O–H groups in total. The molecule has 8 nitrogen and oxygen atoms in total. The molecule has 0 unspecified atom stereocenters. The zero-order chi connectivity index (χ0) is 22.7. The maximum atomic E-state index is 12.8. The zero-order valence-electron chi connectivity index (χ0n) is 17.5. The number of benzene rings is 1. The molecule has 0 radical (unpaired) electrons. The molecule has 1 aromatic carbocycles. The van der Waals surface area contributed by atoms with Crippen molar-refractivity contribution < 1.29 is 9.59 Å². The Morgan fingerprint density at radius 2 is 1.88 bits per heavy atom. The summed E-state index contributed by atoms with van der Waals surface area (Å²) >= 11 is 4.62. The first-order valence-electron chi connectivity index (χ1n) is 10.1. The molecule has 1 saturated heterocycles. The van der Waals surface area contributed by atoms with Crippen LogP contribution in [0.15, 0.2) is 47.2 Å². The number of primary amides is 1. The Bertz CT molecular complexity index is 1130. The number of nitrogens with one attached hydrogen (secondary N) is 1. The van der Waals surface area contributed by atoms with Crippen molar-refractivity contribution in [3.63, 3.8) is 0 Å². The molecule has 0 bridgehead atoms. The fourth-order valence-corrected chi connectivity index (χ4v) is 5.01. The summed E-state index contributed by atoms with van der Waals surface area (Å²) in [6, 6.07) is 9.30. The summed E-state index contributed by atoms with van der Waals surface area (Å²) < 4.78 is 0.735. The molecule has 1 aliphatic rings. The lowest BCUT2D eigenvalue weighted by Crippen LogP contribution is -2.43. The lowest BCUT2D eigenvalue weighted by molar-refractivity contribution is 0.0997. The number of halogens is 1. The van der Waals surface area contributed by atoms with Crippen LogP contribution in [0.1, 0.15) is 26.4 Å². The summed E-state index contributed by atoms with van der Waals surface area (Å²) in [5.74, 6) is -1.02. The van der Waals surface area contributed by atoms with Crippen LogP contribution in [0, 0.1) is 0 Å². The van der Waals surface area contributed by atoms with Gasteiger partial charge >= 0.3 is 0 Å². The summed E-state index contributed by atoms with van der Waals surface area (Å²) in [7, 11) is 2.14. The number of nitrogens with two attached hydrogens (primary N) is 1. The molecule has 32 heavy (non-hydrogen) atoms. The summed E-state index contributed by atoms with van der Waals surface area (Å²) in [6.45, 7) is 5.07. The third kappa shape index (κ3) is 5.21. The van der Waals surface area contributed by atoms with Crippen molar-refractivity contribution >= 4 is 44.1 Å². The van der Waals surface area contributed by atoms with Gasteiger partial charge in [0, 0.05) is 60.7 Å². The summed E-state index contributed by atoms with van der Waals surface area (Å²) in [5, 5.41) is 3.68. The van der Waals surface area contributed by atoms with E-state index in [9.17, 15) is 9.59 Å². The minimum Gasteiger partial charge on any atom is -0.364 e. The monoisotopic (exact) mass is 514 g/mol. The highest BCUT2D eigenvalue weighted by Gasteiger charge is 2.21. The van der Waals surface area contributed by atoms with Crippen LogP contribution in [-0.4, -0.2) is 64.8 Å². The van der Waals surface area contributed by atoms with Crippen LogP contribution in [0.25, 0.3) is 10.6 Å². The Hall–Kier alpha value is -2.66. The number of carbonyl (C=O) groups excluding carboxylic acids is 2. The highest BCUT2D eigenvalue weighted by Crippen LogP contribution is 2.35. The van der Waals surface area contributed by atoms with E-state index in [-0.39, 0.29) is 11.6 Å². The van der Waals surface area contributed by atoms with E-state index in [4.69, 9.17) is 5.73 Å². The number of aromatic nitrogens is 2. The first kappa shape index (κ1) is 22.5. The first-order valence-corrected chi connectivity index (χ1v) is 11.7. The Morgan fingerprint density at radius 1 is 1.16 bits per heavy atom. The number of hydrogen-bond acceptors (Lipinski definition) is 7. The lowest BCUT2D eigenvalue weighted by atomic mass is 10.1. The van der Waals surface area contributed by atoms with E-state index < -0.39 is 5.91 Å². The Morgan fingerprint density at radius 3 is 2.53 bits per heavy atom. The van der Waals surface area contributed by atoms with Crippen LogP contribution in [0.5, 0.6) is 0 Å². The van der Waals surface area contributed by atoms with Gasteiger partial charge in [0.25, 0.3) is 11.8 Å². The number of anilines is 1. The number of carbonyl (C=O) groups is 2. The smallest absolute Gasteiger partial charge is 0.270 e. The van der Waals surface area contributed by atoms with E-state index in [1.54, 1.807) is 30.6 Å². The third-order valence-corrected chi connectivity index (χ3v) is 6.94. The molecule has 166 valence electrons. The molecule has 0 spiro atoms. The second-order valence-corrected chi connectivity index (χ2v) is 9.50. The molecule has 1 fully saturated rings. The van der Waals surface area contributed by atoms with E-state index in [2.05, 4.69) is 48.1 Å². The van der Waals surface area contributed by atoms with Crippen LogP contribution < -0.4 is 11.1 Å². The minimum atomic E-state index is -0.699. The van der Waals surface area contributed by atoms with Gasteiger partial charge in [-0.2, -0.15) is 0 Å². The van der Waals surface area contributed by atoms with E-state index in [0.717, 1.165) is 48.3 Å². The average Bonchev–Trinajstić information content (AvgIpc) is 3.20. The predicted octanol–water partition coefficient (Wildman–Crippen LogP) is 3.07. The molecule has 0 saturated carbocycles. The van der Waals surface area contributed by atoms with Gasteiger partial charge in [0.05, 0.1) is 0 Å². The van der Waals surface area contributed by atoms with E-state index >= 15 is 0 Å². The number of hydrogen-bond donors (Lipinski definition) is 2. The van der Waals surface area contributed by atoms with E-state index in [1.807, 2.05) is 12.1 Å². The number of piperazine rings is 1. The fourth-order valence-electron chi connectivity index (χ4n) is 3.44. The SMILES string of the molecule is CN1CCN(Cc2ccc(C(=O)Nc3sc(-c4ccncc4Br)nc3C(N)=O)cc2)CC1. The molecule has 2 amide bonds. The molecule has 10 heteroatoms. The highest BCUT2D eigenvalue weighted by molar-refractivity contribution is 9.10. The largest absolute Gasteiger partial charge is 0.364 e. The van der Waals surface area contributed by atoms with Gasteiger partial charge in [-0.1, -0.05) is 23.5 Å². The molecule has 2 aromatic heterocycles. The Balaban J connectivity index is 1.47. The lowest BCUT2D eigenvalue weighted by Gasteiger charge is -2.32. The second kappa shape index (κ2) is 9.86. The van der Waals surface area contributed by atoms with Gasteiger partial charge in [0.15, 0.2) is 5.69 Å². The Kier molecular flexibility index (Phi) is 6.95. The molecular formula is C22H23BrN6O2S. The molecule has 0 atom stereocenters. The van der Waals surface area contributed by atoms with Crippen LogP contribution in [0.3, 0.4) is 0 Å². The van der Waals surface area contributed by atoms with Gasteiger partial charge in [0.1, 0.15) is 10.0 Å². The highest BCUT2D eigenvalue weighted by atomic mass is 79.9. The van der Waals surface area contributed by atoms with Gasteiger partial charge in [-0.25, -0.2) is 4.98 Å². The summed E-state index contributed by atoms with van der Waals surface area (Å²) in [4.78, 5) is 37.8. The van der Waals surface area contributed by atoms with Crippen LogP contribution >= 0.6 is 27.3 Å². The maximum Gasteiger partial charge on any atom is 0.270 e. The van der Waals surface area contributed by atoms with Crippen molar-refractivity contribution in [3.8, 4) is 10.6 Å². The molecule has 3 aromatic rings. The van der Waals surface area contributed by atoms with Crippen molar-refractivity contribution in [1.29, 1.82) is 0 Å². The van der Waals surface area contributed by atoms with Gasteiger partial charge in [0.2, 0.25) is 0 Å². The van der Waals surface area contributed by atoms with E-state index in [1.165, 1.54) is 11.3 Å². The topological polar surface area (TPSA) is 104 Å². The number of likely N-dealkylation sites (N-methyl/N-ethyl adjacent to an activating group) is 1. The van der Waals surface area contributed by atoms with Gasteiger partial charge in [-0.15, -0.1) is 0 Å². The van der Waals surface area contributed by atoms with Crippen LogP contribution in [0.2, 0.25) is 0 Å².